The lowest BCUT2D eigenvalue weighted by atomic mass is 9.49. The van der Waals surface area contributed by atoms with Gasteiger partial charge in [-0.3, -0.25) is 4.79 Å². The summed E-state index contributed by atoms with van der Waals surface area (Å²) in [6.45, 7) is 6.73. The second-order valence-corrected chi connectivity index (χ2v) is 9.12. The molecule has 3 nitrogen and oxygen atoms in total. The minimum atomic E-state index is -0.353. The third-order valence-electron chi connectivity index (χ3n) is 6.22. The van der Waals surface area contributed by atoms with Crippen molar-refractivity contribution in [3.63, 3.8) is 0 Å². The third-order valence-corrected chi connectivity index (χ3v) is 6.22. The van der Waals surface area contributed by atoms with Crippen molar-refractivity contribution in [3.8, 4) is 0 Å². The van der Waals surface area contributed by atoms with E-state index in [2.05, 4.69) is 5.32 Å². The number of nitrogens with one attached hydrogen (secondary N) is 1. The summed E-state index contributed by atoms with van der Waals surface area (Å²) < 4.78 is 0. The molecule has 120 valence electrons. The van der Waals surface area contributed by atoms with E-state index in [0.717, 1.165) is 37.0 Å². The smallest absolute Gasteiger partial charge is 0.226 e. The van der Waals surface area contributed by atoms with Crippen molar-refractivity contribution in [2.45, 2.75) is 71.8 Å². The maximum absolute atomic E-state index is 12.7. The predicted molar refractivity (Wildman–Crippen MR) is 83.7 cm³/mol. The average molecular weight is 293 g/mol. The van der Waals surface area contributed by atoms with Crippen LogP contribution in [0.3, 0.4) is 0 Å². The number of rotatable bonds is 4. The zero-order valence-corrected chi connectivity index (χ0v) is 13.8. The topological polar surface area (TPSA) is 49.3 Å². The summed E-state index contributed by atoms with van der Waals surface area (Å²) in [6.07, 6.45) is 7.77. The van der Waals surface area contributed by atoms with Gasteiger partial charge in [-0.15, -0.1) is 0 Å². The summed E-state index contributed by atoms with van der Waals surface area (Å²) in [4.78, 5) is 12.7. The van der Waals surface area contributed by atoms with Gasteiger partial charge in [0.05, 0.1) is 6.10 Å². The molecular formula is C18H31NO2. The fourth-order valence-electron chi connectivity index (χ4n) is 5.33. The Labute approximate surface area is 128 Å². The van der Waals surface area contributed by atoms with E-state index in [1.165, 1.54) is 19.3 Å². The maximum Gasteiger partial charge on any atom is 0.226 e. The molecule has 4 rings (SSSR count). The molecule has 3 heteroatoms. The molecule has 0 aliphatic heterocycles. The van der Waals surface area contributed by atoms with Gasteiger partial charge in [0.2, 0.25) is 5.91 Å². The first kappa shape index (κ1) is 15.3. The van der Waals surface area contributed by atoms with E-state index in [-0.39, 0.29) is 22.8 Å². The molecule has 1 amide bonds. The van der Waals surface area contributed by atoms with Gasteiger partial charge in [0.25, 0.3) is 0 Å². The van der Waals surface area contributed by atoms with E-state index in [4.69, 9.17) is 0 Å². The SMILES string of the molecule is CC(C)(C)C(O)CCNC(=O)C12CC3CC(CC(C3)C1)C2. The largest absolute Gasteiger partial charge is 0.393 e. The lowest BCUT2D eigenvalue weighted by Crippen LogP contribution is -2.53. The summed E-state index contributed by atoms with van der Waals surface area (Å²) in [5.41, 5.74) is -0.160. The molecule has 0 spiro atoms. The predicted octanol–water partition coefficient (Wildman–Crippen LogP) is 3.12. The van der Waals surface area contributed by atoms with Crippen molar-refractivity contribution < 1.29 is 9.90 Å². The van der Waals surface area contributed by atoms with Crippen LogP contribution < -0.4 is 5.32 Å². The highest BCUT2D eigenvalue weighted by Gasteiger charge is 2.54. The normalized spacial score (nSPS) is 39.3. The first-order chi connectivity index (χ1) is 9.78. The number of hydrogen-bond acceptors (Lipinski definition) is 2. The van der Waals surface area contributed by atoms with Crippen LogP contribution in [0.25, 0.3) is 0 Å². The quantitative estimate of drug-likeness (QED) is 0.836. The van der Waals surface area contributed by atoms with Gasteiger partial charge in [-0.2, -0.15) is 0 Å². The molecular weight excluding hydrogens is 262 g/mol. The second kappa shape index (κ2) is 5.26. The molecule has 2 N–H and O–H groups in total. The first-order valence-corrected chi connectivity index (χ1v) is 8.75. The van der Waals surface area contributed by atoms with Crippen molar-refractivity contribution in [2.24, 2.45) is 28.6 Å². The summed E-state index contributed by atoms with van der Waals surface area (Å²) in [7, 11) is 0. The van der Waals surface area contributed by atoms with E-state index in [0.29, 0.717) is 13.0 Å². The standard InChI is InChI=1S/C18H31NO2/c1-17(2,3)15(20)4-5-19-16(21)18-9-12-6-13(10-18)8-14(7-12)11-18/h12-15,20H,4-11H2,1-3H3,(H,19,21). The van der Waals surface area contributed by atoms with E-state index in [1.54, 1.807) is 0 Å². The fourth-order valence-corrected chi connectivity index (χ4v) is 5.33. The van der Waals surface area contributed by atoms with E-state index in [9.17, 15) is 9.90 Å². The number of amides is 1. The monoisotopic (exact) mass is 293 g/mol. The van der Waals surface area contributed by atoms with Gasteiger partial charge in [-0.05, 0) is 68.1 Å². The molecule has 4 aliphatic carbocycles. The Bertz CT molecular complexity index is 375. The number of carbonyl (C=O) groups excluding carboxylic acids is 1. The Hall–Kier alpha value is -0.570. The minimum absolute atomic E-state index is 0.0541. The average Bonchev–Trinajstić information content (AvgIpc) is 2.35. The van der Waals surface area contributed by atoms with Crippen LogP contribution in [-0.2, 0) is 4.79 Å². The van der Waals surface area contributed by atoms with E-state index in [1.807, 2.05) is 20.8 Å². The first-order valence-electron chi connectivity index (χ1n) is 8.75. The number of hydrogen-bond donors (Lipinski definition) is 2. The molecule has 0 saturated heterocycles. The van der Waals surface area contributed by atoms with Gasteiger partial charge in [0, 0.05) is 12.0 Å². The van der Waals surface area contributed by atoms with Crippen LogP contribution in [0.2, 0.25) is 0 Å². The van der Waals surface area contributed by atoms with Crippen LogP contribution in [0, 0.1) is 28.6 Å². The fraction of sp³-hybridized carbons (Fsp3) is 0.944. The van der Waals surface area contributed by atoms with Crippen LogP contribution in [0.15, 0.2) is 0 Å². The zero-order valence-electron chi connectivity index (χ0n) is 13.8. The lowest BCUT2D eigenvalue weighted by Gasteiger charge is -2.55. The minimum Gasteiger partial charge on any atom is -0.393 e. The molecule has 4 aliphatic rings. The van der Waals surface area contributed by atoms with E-state index < -0.39 is 0 Å². The molecule has 0 heterocycles. The molecule has 4 fully saturated rings. The van der Waals surface area contributed by atoms with E-state index >= 15 is 0 Å². The van der Waals surface area contributed by atoms with Crippen LogP contribution in [0.1, 0.15) is 65.7 Å². The van der Waals surface area contributed by atoms with Crippen LogP contribution in [0.4, 0.5) is 0 Å². The van der Waals surface area contributed by atoms with Crippen LogP contribution >= 0.6 is 0 Å². The molecule has 4 saturated carbocycles. The number of aliphatic hydroxyl groups excluding tert-OH is 1. The van der Waals surface area contributed by atoms with Gasteiger partial charge in [0.1, 0.15) is 0 Å². The summed E-state index contributed by atoms with van der Waals surface area (Å²) in [5, 5.41) is 13.2. The Morgan fingerprint density at radius 3 is 2.05 bits per heavy atom. The number of aliphatic hydroxyl groups is 1. The van der Waals surface area contributed by atoms with Gasteiger partial charge < -0.3 is 10.4 Å². The Morgan fingerprint density at radius 1 is 1.14 bits per heavy atom. The van der Waals surface area contributed by atoms with Gasteiger partial charge in [-0.25, -0.2) is 0 Å². The molecule has 4 bridgehead atoms. The Balaban J connectivity index is 1.54. The molecule has 0 aromatic carbocycles. The van der Waals surface area contributed by atoms with Gasteiger partial charge in [0.15, 0.2) is 0 Å². The highest BCUT2D eigenvalue weighted by molar-refractivity contribution is 5.83. The maximum atomic E-state index is 12.7. The molecule has 21 heavy (non-hydrogen) atoms. The Kier molecular flexibility index (Phi) is 3.84. The van der Waals surface area contributed by atoms with Gasteiger partial charge in [-0.1, -0.05) is 20.8 Å². The molecule has 0 radical (unpaired) electrons. The van der Waals surface area contributed by atoms with Gasteiger partial charge >= 0.3 is 0 Å². The zero-order chi connectivity index (χ0) is 15.3. The number of carbonyl (C=O) groups is 1. The molecule has 1 atom stereocenters. The highest BCUT2D eigenvalue weighted by atomic mass is 16.3. The molecule has 0 aromatic rings. The van der Waals surface area contributed by atoms with Crippen molar-refractivity contribution in [3.05, 3.63) is 0 Å². The summed E-state index contributed by atoms with van der Waals surface area (Å²) in [6, 6.07) is 0. The highest BCUT2D eigenvalue weighted by Crippen LogP contribution is 2.60. The lowest BCUT2D eigenvalue weighted by molar-refractivity contribution is -0.146. The van der Waals surface area contributed by atoms with Crippen LogP contribution in [-0.4, -0.2) is 23.7 Å². The summed E-state index contributed by atoms with van der Waals surface area (Å²) >= 11 is 0. The van der Waals surface area contributed by atoms with Crippen LogP contribution in [0.5, 0.6) is 0 Å². The molecule has 1 unspecified atom stereocenters. The third kappa shape index (κ3) is 2.99. The van der Waals surface area contributed by atoms with Crippen molar-refractivity contribution >= 4 is 5.91 Å². The van der Waals surface area contributed by atoms with Crippen molar-refractivity contribution in [1.82, 2.24) is 5.32 Å². The van der Waals surface area contributed by atoms with Crippen molar-refractivity contribution in [1.29, 1.82) is 0 Å². The Morgan fingerprint density at radius 2 is 1.62 bits per heavy atom. The summed E-state index contributed by atoms with van der Waals surface area (Å²) in [5.74, 6) is 2.70. The second-order valence-electron chi connectivity index (χ2n) is 9.12. The van der Waals surface area contributed by atoms with Crippen molar-refractivity contribution in [2.75, 3.05) is 6.54 Å². The molecule has 0 aromatic heterocycles.